The third-order valence-corrected chi connectivity index (χ3v) is 6.17. The van der Waals surface area contributed by atoms with E-state index in [0.717, 1.165) is 50.3 Å². The Morgan fingerprint density at radius 1 is 1.13 bits per heavy atom. The van der Waals surface area contributed by atoms with Gasteiger partial charge in [0.25, 0.3) is 0 Å². The fraction of sp³-hybridized carbons (Fsp3) is 0.500. The summed E-state index contributed by atoms with van der Waals surface area (Å²) in [5, 5.41) is 4.37. The second-order valence-corrected chi connectivity index (χ2v) is 8.53. The molecule has 0 saturated carbocycles. The van der Waals surface area contributed by atoms with Gasteiger partial charge in [0.1, 0.15) is 0 Å². The van der Waals surface area contributed by atoms with Crippen molar-refractivity contribution in [3.63, 3.8) is 0 Å². The molecule has 2 aliphatic rings. The van der Waals surface area contributed by atoms with Gasteiger partial charge in [0.15, 0.2) is 0 Å². The van der Waals surface area contributed by atoms with E-state index >= 15 is 0 Å². The first-order valence-corrected chi connectivity index (χ1v) is 11.1. The van der Waals surface area contributed by atoms with E-state index in [1.165, 1.54) is 0 Å². The Hall–Kier alpha value is -2.48. The van der Waals surface area contributed by atoms with E-state index in [4.69, 9.17) is 4.74 Å². The van der Waals surface area contributed by atoms with Crippen LogP contribution in [0.2, 0.25) is 0 Å². The molecule has 0 spiro atoms. The number of amides is 1. The highest BCUT2D eigenvalue weighted by Gasteiger charge is 2.37. The van der Waals surface area contributed by atoms with Gasteiger partial charge in [0.05, 0.1) is 24.9 Å². The van der Waals surface area contributed by atoms with Crippen LogP contribution in [0.5, 0.6) is 0 Å². The SMILES string of the molecule is CN1CCCN(C[C@@H]2OCCN(C(=O)C=Cc3ccccc3)[C@H]2c2cnn(C)c2)CC1. The Morgan fingerprint density at radius 3 is 2.74 bits per heavy atom. The molecule has 2 fully saturated rings. The van der Waals surface area contributed by atoms with Gasteiger partial charge in [0, 0.05) is 51.1 Å². The van der Waals surface area contributed by atoms with E-state index in [2.05, 4.69) is 21.9 Å². The molecule has 1 aromatic carbocycles. The van der Waals surface area contributed by atoms with Gasteiger partial charge in [-0.05, 0) is 38.2 Å². The first-order chi connectivity index (χ1) is 15.1. The highest BCUT2D eigenvalue weighted by molar-refractivity contribution is 5.92. The molecule has 31 heavy (non-hydrogen) atoms. The van der Waals surface area contributed by atoms with E-state index in [9.17, 15) is 4.79 Å². The molecular formula is C24H33N5O2. The van der Waals surface area contributed by atoms with Gasteiger partial charge >= 0.3 is 0 Å². The van der Waals surface area contributed by atoms with Crippen LogP contribution >= 0.6 is 0 Å². The molecule has 3 heterocycles. The molecule has 7 heteroatoms. The van der Waals surface area contributed by atoms with Crippen LogP contribution in [0, 0.1) is 0 Å². The zero-order chi connectivity index (χ0) is 21.6. The summed E-state index contributed by atoms with van der Waals surface area (Å²) in [5.74, 6) is 0.0154. The maximum absolute atomic E-state index is 13.2. The third kappa shape index (κ3) is 5.61. The number of rotatable bonds is 5. The predicted molar refractivity (Wildman–Crippen MR) is 121 cm³/mol. The Bertz CT molecular complexity index is 881. The summed E-state index contributed by atoms with van der Waals surface area (Å²) < 4.78 is 8.05. The molecule has 0 unspecified atom stereocenters. The van der Waals surface area contributed by atoms with Crippen LogP contribution in [0.1, 0.15) is 23.6 Å². The molecule has 0 aliphatic carbocycles. The number of hydrogen-bond acceptors (Lipinski definition) is 5. The number of nitrogens with zero attached hydrogens (tertiary/aromatic N) is 5. The lowest BCUT2D eigenvalue weighted by molar-refractivity contribution is -0.143. The van der Waals surface area contributed by atoms with Crippen LogP contribution in [0.25, 0.3) is 6.08 Å². The summed E-state index contributed by atoms with van der Waals surface area (Å²) in [5.41, 5.74) is 2.05. The van der Waals surface area contributed by atoms with Gasteiger partial charge in [-0.25, -0.2) is 0 Å². The van der Waals surface area contributed by atoms with E-state index in [1.54, 1.807) is 10.8 Å². The average Bonchev–Trinajstić information content (AvgIpc) is 3.11. The first-order valence-electron chi connectivity index (χ1n) is 11.1. The molecule has 2 saturated heterocycles. The summed E-state index contributed by atoms with van der Waals surface area (Å²) >= 11 is 0. The van der Waals surface area contributed by atoms with Crippen LogP contribution in [0.15, 0.2) is 48.8 Å². The number of carbonyl (C=O) groups excluding carboxylic acids is 1. The summed E-state index contributed by atoms with van der Waals surface area (Å²) in [7, 11) is 4.09. The van der Waals surface area contributed by atoms with Crippen LogP contribution in [-0.4, -0.2) is 89.4 Å². The molecule has 2 atom stereocenters. The smallest absolute Gasteiger partial charge is 0.247 e. The lowest BCUT2D eigenvalue weighted by Crippen LogP contribution is -2.51. The van der Waals surface area contributed by atoms with Crippen LogP contribution < -0.4 is 0 Å². The summed E-state index contributed by atoms with van der Waals surface area (Å²) in [4.78, 5) is 20.0. The summed E-state index contributed by atoms with van der Waals surface area (Å²) in [6.07, 6.45) is 8.52. The summed E-state index contributed by atoms with van der Waals surface area (Å²) in [6.45, 7) is 6.23. The zero-order valence-electron chi connectivity index (χ0n) is 18.6. The minimum Gasteiger partial charge on any atom is -0.373 e. The van der Waals surface area contributed by atoms with E-state index < -0.39 is 0 Å². The number of hydrogen-bond donors (Lipinski definition) is 0. The molecule has 1 aromatic heterocycles. The van der Waals surface area contributed by atoms with Crippen LogP contribution in [-0.2, 0) is 16.6 Å². The Morgan fingerprint density at radius 2 is 1.97 bits per heavy atom. The maximum atomic E-state index is 13.2. The normalized spacial score (nSPS) is 23.9. The highest BCUT2D eigenvalue weighted by Crippen LogP contribution is 2.30. The average molecular weight is 424 g/mol. The minimum absolute atomic E-state index is 0.0154. The molecule has 1 amide bonds. The largest absolute Gasteiger partial charge is 0.373 e. The Labute approximate surface area is 184 Å². The molecule has 2 aliphatic heterocycles. The van der Waals surface area contributed by atoms with Crippen molar-refractivity contribution in [2.45, 2.75) is 18.6 Å². The number of benzene rings is 1. The molecule has 2 aromatic rings. The van der Waals surface area contributed by atoms with Gasteiger partial charge in [-0.15, -0.1) is 0 Å². The topological polar surface area (TPSA) is 53.8 Å². The maximum Gasteiger partial charge on any atom is 0.247 e. The number of likely N-dealkylation sites (N-methyl/N-ethyl adjacent to an activating group) is 1. The fourth-order valence-corrected chi connectivity index (χ4v) is 4.49. The van der Waals surface area contributed by atoms with Crippen molar-refractivity contribution in [2.75, 3.05) is 52.9 Å². The van der Waals surface area contributed by atoms with Crippen LogP contribution in [0.3, 0.4) is 0 Å². The van der Waals surface area contributed by atoms with E-state index in [-0.39, 0.29) is 18.1 Å². The fourth-order valence-electron chi connectivity index (χ4n) is 4.49. The molecule has 0 N–H and O–H groups in total. The first kappa shape index (κ1) is 21.7. The van der Waals surface area contributed by atoms with Crippen molar-refractivity contribution in [1.82, 2.24) is 24.5 Å². The van der Waals surface area contributed by atoms with E-state index in [0.29, 0.717) is 13.2 Å². The number of aryl methyl sites for hydroxylation is 1. The van der Waals surface area contributed by atoms with Gasteiger partial charge < -0.3 is 14.5 Å². The van der Waals surface area contributed by atoms with Gasteiger partial charge in [-0.3, -0.25) is 14.4 Å². The predicted octanol–water partition coefficient (Wildman–Crippen LogP) is 2.04. The third-order valence-electron chi connectivity index (χ3n) is 6.17. The Balaban J connectivity index is 1.53. The Kier molecular flexibility index (Phi) is 7.17. The number of carbonyl (C=O) groups is 1. The lowest BCUT2D eigenvalue weighted by Gasteiger charge is -2.42. The van der Waals surface area contributed by atoms with Crippen molar-refractivity contribution in [1.29, 1.82) is 0 Å². The summed E-state index contributed by atoms with van der Waals surface area (Å²) in [6, 6.07) is 9.79. The van der Waals surface area contributed by atoms with E-state index in [1.807, 2.05) is 60.7 Å². The van der Waals surface area contributed by atoms with Gasteiger partial charge in [-0.2, -0.15) is 5.10 Å². The minimum atomic E-state index is -0.142. The van der Waals surface area contributed by atoms with Crippen molar-refractivity contribution < 1.29 is 9.53 Å². The second kappa shape index (κ2) is 10.2. The number of ether oxygens (including phenoxy) is 1. The van der Waals surface area contributed by atoms with Crippen LogP contribution in [0.4, 0.5) is 0 Å². The van der Waals surface area contributed by atoms with Crippen molar-refractivity contribution in [3.8, 4) is 0 Å². The van der Waals surface area contributed by atoms with Gasteiger partial charge in [-0.1, -0.05) is 30.3 Å². The zero-order valence-corrected chi connectivity index (χ0v) is 18.6. The number of aromatic nitrogens is 2. The number of morpholine rings is 1. The molecule has 166 valence electrons. The standard InChI is InChI=1S/C24H33N5O2/c1-26-11-6-12-28(14-13-26)19-22-24(21-17-25-27(2)18-21)29(15-16-31-22)23(30)10-9-20-7-4-3-5-8-20/h3-5,7-10,17-18,22,24H,6,11-16,19H2,1-2H3/t22-,24-/m0/s1. The second-order valence-electron chi connectivity index (χ2n) is 8.53. The lowest BCUT2D eigenvalue weighted by atomic mass is 10.00. The highest BCUT2D eigenvalue weighted by atomic mass is 16.5. The molecule has 0 radical (unpaired) electrons. The van der Waals surface area contributed by atoms with Gasteiger partial charge in [0.2, 0.25) is 5.91 Å². The monoisotopic (exact) mass is 423 g/mol. The van der Waals surface area contributed by atoms with Crippen molar-refractivity contribution in [3.05, 3.63) is 59.9 Å². The molecule has 0 bridgehead atoms. The van der Waals surface area contributed by atoms with Crippen molar-refractivity contribution in [2.24, 2.45) is 7.05 Å². The van der Waals surface area contributed by atoms with Crippen molar-refractivity contribution >= 4 is 12.0 Å². The molecule has 7 nitrogen and oxygen atoms in total. The quantitative estimate of drug-likeness (QED) is 0.689. The molecular weight excluding hydrogens is 390 g/mol. The molecule has 4 rings (SSSR count).